The predicted octanol–water partition coefficient (Wildman–Crippen LogP) is 1.49. The maximum absolute atomic E-state index is 9.89. The summed E-state index contributed by atoms with van der Waals surface area (Å²) >= 11 is 0. The van der Waals surface area contributed by atoms with E-state index in [0.29, 0.717) is 0 Å². The van der Waals surface area contributed by atoms with E-state index in [1.54, 1.807) is 0 Å². The second-order valence-electron chi connectivity index (χ2n) is 4.55. The molecule has 0 radical (unpaired) electrons. The molecule has 0 spiro atoms. The topological polar surface area (TPSA) is 23.5 Å². The van der Waals surface area contributed by atoms with Gasteiger partial charge in [-0.05, 0) is 19.3 Å². The third-order valence-corrected chi connectivity index (χ3v) is 2.49. The lowest BCUT2D eigenvalue weighted by Crippen LogP contribution is -2.51. The first-order valence-electron chi connectivity index (χ1n) is 4.98. The van der Waals surface area contributed by atoms with Crippen LogP contribution in [-0.2, 0) is 0 Å². The highest BCUT2D eigenvalue weighted by atomic mass is 16.3. The molecule has 0 aromatic carbocycles. The summed E-state index contributed by atoms with van der Waals surface area (Å²) < 4.78 is 0. The lowest BCUT2D eigenvalue weighted by molar-refractivity contribution is -0.0213. The minimum atomic E-state index is -0.463. The van der Waals surface area contributed by atoms with E-state index in [0.717, 1.165) is 25.3 Å². The summed E-state index contributed by atoms with van der Waals surface area (Å²) in [6.45, 7) is 9.50. The van der Waals surface area contributed by atoms with E-state index in [1.807, 2.05) is 6.92 Å². The molecule has 1 atom stereocenters. The molecule has 1 N–H and O–H groups in total. The third-order valence-electron chi connectivity index (χ3n) is 2.49. The van der Waals surface area contributed by atoms with E-state index in [2.05, 4.69) is 18.7 Å². The van der Waals surface area contributed by atoms with Gasteiger partial charge in [0.05, 0.1) is 5.60 Å². The Labute approximate surface area is 75.6 Å². The van der Waals surface area contributed by atoms with E-state index in [9.17, 15) is 5.11 Å². The first kappa shape index (κ1) is 10.0. The van der Waals surface area contributed by atoms with Gasteiger partial charge in [0, 0.05) is 19.6 Å². The second kappa shape index (κ2) is 3.75. The largest absolute Gasteiger partial charge is 0.389 e. The zero-order valence-electron chi connectivity index (χ0n) is 8.51. The van der Waals surface area contributed by atoms with E-state index in [-0.39, 0.29) is 0 Å². The lowest BCUT2D eigenvalue weighted by Gasteiger charge is -2.41. The van der Waals surface area contributed by atoms with Crippen LogP contribution in [0.2, 0.25) is 0 Å². The van der Waals surface area contributed by atoms with Crippen molar-refractivity contribution in [2.45, 2.75) is 39.2 Å². The van der Waals surface area contributed by atoms with Gasteiger partial charge in [0.1, 0.15) is 0 Å². The van der Waals surface area contributed by atoms with Gasteiger partial charge in [-0.3, -0.25) is 4.90 Å². The van der Waals surface area contributed by atoms with Crippen LogP contribution in [0.3, 0.4) is 0 Å². The highest BCUT2D eigenvalue weighted by Crippen LogP contribution is 2.20. The molecule has 1 unspecified atom stereocenters. The highest BCUT2D eigenvalue weighted by Gasteiger charge is 2.29. The molecule has 0 saturated carbocycles. The fraction of sp³-hybridized carbons (Fsp3) is 1.00. The van der Waals surface area contributed by atoms with E-state index >= 15 is 0 Å². The van der Waals surface area contributed by atoms with Crippen LogP contribution < -0.4 is 0 Å². The Hall–Kier alpha value is -0.0800. The van der Waals surface area contributed by atoms with Crippen molar-refractivity contribution in [2.75, 3.05) is 19.6 Å². The van der Waals surface area contributed by atoms with Gasteiger partial charge >= 0.3 is 0 Å². The van der Waals surface area contributed by atoms with Gasteiger partial charge in [0.2, 0.25) is 0 Å². The van der Waals surface area contributed by atoms with Gasteiger partial charge in [0.15, 0.2) is 0 Å². The Kier molecular flexibility index (Phi) is 3.13. The molecule has 72 valence electrons. The average molecular weight is 171 g/mol. The van der Waals surface area contributed by atoms with Crippen molar-refractivity contribution in [1.82, 2.24) is 4.90 Å². The van der Waals surface area contributed by atoms with Crippen LogP contribution >= 0.6 is 0 Å². The van der Waals surface area contributed by atoms with Crippen LogP contribution in [0.1, 0.15) is 33.6 Å². The number of hydrogen-bond acceptors (Lipinski definition) is 2. The van der Waals surface area contributed by atoms with Crippen LogP contribution in [0, 0.1) is 5.92 Å². The molecule has 1 rings (SSSR count). The summed E-state index contributed by atoms with van der Waals surface area (Å²) in [6, 6.07) is 0. The maximum Gasteiger partial charge on any atom is 0.0746 e. The van der Waals surface area contributed by atoms with Crippen molar-refractivity contribution >= 4 is 0 Å². The molecular weight excluding hydrogens is 150 g/mol. The van der Waals surface area contributed by atoms with Crippen molar-refractivity contribution in [1.29, 1.82) is 0 Å². The van der Waals surface area contributed by atoms with E-state index in [1.165, 1.54) is 13.1 Å². The number of β-amino-alcohol motifs (C(OH)–C–C–N with tert-alkyl or cyclic N) is 1. The number of aliphatic hydroxyl groups is 1. The van der Waals surface area contributed by atoms with Gasteiger partial charge < -0.3 is 5.11 Å². The van der Waals surface area contributed by atoms with Crippen molar-refractivity contribution in [2.24, 2.45) is 5.92 Å². The summed E-state index contributed by atoms with van der Waals surface area (Å²) in [4.78, 5) is 2.33. The first-order chi connectivity index (χ1) is 5.53. The van der Waals surface area contributed by atoms with Crippen LogP contribution in [0.15, 0.2) is 0 Å². The maximum atomic E-state index is 9.89. The summed E-state index contributed by atoms with van der Waals surface area (Å²) in [6.07, 6.45) is 1.98. The van der Waals surface area contributed by atoms with Gasteiger partial charge in [-0.1, -0.05) is 20.3 Å². The molecule has 12 heavy (non-hydrogen) atoms. The summed E-state index contributed by atoms with van der Waals surface area (Å²) in [7, 11) is 0. The van der Waals surface area contributed by atoms with Gasteiger partial charge in [-0.2, -0.15) is 0 Å². The molecule has 2 nitrogen and oxygen atoms in total. The normalized spacial score (nSPS) is 25.0. The van der Waals surface area contributed by atoms with Crippen LogP contribution in [0.5, 0.6) is 0 Å². The molecule has 1 aliphatic heterocycles. The summed E-state index contributed by atoms with van der Waals surface area (Å²) in [5.41, 5.74) is -0.463. The van der Waals surface area contributed by atoms with Crippen molar-refractivity contribution in [3.63, 3.8) is 0 Å². The molecule has 0 aliphatic carbocycles. The highest BCUT2D eigenvalue weighted by molar-refractivity contribution is 4.83. The fourth-order valence-corrected chi connectivity index (χ4v) is 2.06. The fourth-order valence-electron chi connectivity index (χ4n) is 2.06. The number of nitrogens with zero attached hydrogens (tertiary/aromatic N) is 1. The van der Waals surface area contributed by atoms with Crippen molar-refractivity contribution in [3.8, 4) is 0 Å². The number of hydrogen-bond donors (Lipinski definition) is 1. The minimum absolute atomic E-state index is 0.463. The summed E-state index contributed by atoms with van der Waals surface area (Å²) in [5.74, 6) is 0.836. The summed E-state index contributed by atoms with van der Waals surface area (Å²) in [5, 5.41) is 9.89. The lowest BCUT2D eigenvalue weighted by atomic mass is 9.95. The molecule has 2 heteroatoms. The molecule has 1 saturated heterocycles. The van der Waals surface area contributed by atoms with Gasteiger partial charge in [-0.25, -0.2) is 0 Å². The minimum Gasteiger partial charge on any atom is -0.389 e. The molecular formula is C10H21NO. The van der Waals surface area contributed by atoms with Gasteiger partial charge in [0.25, 0.3) is 0 Å². The number of rotatable bonds is 4. The van der Waals surface area contributed by atoms with Crippen LogP contribution in [0.4, 0.5) is 0 Å². The Morgan fingerprint density at radius 3 is 2.50 bits per heavy atom. The third kappa shape index (κ3) is 2.76. The quantitative estimate of drug-likeness (QED) is 0.692. The first-order valence-corrected chi connectivity index (χ1v) is 4.98. The van der Waals surface area contributed by atoms with Gasteiger partial charge in [-0.15, -0.1) is 0 Å². The smallest absolute Gasteiger partial charge is 0.0746 e. The van der Waals surface area contributed by atoms with E-state index < -0.39 is 5.60 Å². The predicted molar refractivity (Wildman–Crippen MR) is 51.1 cm³/mol. The monoisotopic (exact) mass is 171 g/mol. The van der Waals surface area contributed by atoms with E-state index in [4.69, 9.17) is 0 Å². The van der Waals surface area contributed by atoms with Crippen LogP contribution in [0.25, 0.3) is 0 Å². The molecule has 0 aromatic rings. The zero-order valence-corrected chi connectivity index (χ0v) is 8.51. The number of likely N-dealkylation sites (tertiary alicyclic amines) is 1. The van der Waals surface area contributed by atoms with Crippen molar-refractivity contribution in [3.05, 3.63) is 0 Å². The Balaban J connectivity index is 2.20. The SMILES string of the molecule is CCCC(C)(O)CN1CC(C)C1. The van der Waals surface area contributed by atoms with Crippen molar-refractivity contribution < 1.29 is 5.11 Å². The molecule has 0 amide bonds. The Bertz CT molecular complexity index is 139. The zero-order chi connectivity index (χ0) is 9.19. The standard InChI is InChI=1S/C10H21NO/c1-4-5-10(3,12)8-11-6-9(2)7-11/h9,12H,4-8H2,1-3H3. The average Bonchev–Trinajstić information content (AvgIpc) is 1.83. The Morgan fingerprint density at radius 2 is 2.08 bits per heavy atom. The second-order valence-corrected chi connectivity index (χ2v) is 4.55. The Morgan fingerprint density at radius 1 is 1.50 bits per heavy atom. The van der Waals surface area contributed by atoms with Crippen LogP contribution in [-0.4, -0.2) is 35.2 Å². The molecule has 0 bridgehead atoms. The molecule has 1 heterocycles. The molecule has 1 aliphatic rings. The molecule has 1 fully saturated rings. The molecule has 0 aromatic heterocycles.